The monoisotopic (exact) mass is 752 g/mol. The van der Waals surface area contributed by atoms with Crippen molar-refractivity contribution in [1.29, 1.82) is 0 Å². The molecular weight excluding hydrogens is 717 g/mol. The zero-order valence-electron chi connectivity index (χ0n) is 32.2. The van der Waals surface area contributed by atoms with Gasteiger partial charge >= 0.3 is 0 Å². The van der Waals surface area contributed by atoms with Gasteiger partial charge in [-0.25, -0.2) is 15.0 Å². The van der Waals surface area contributed by atoms with Gasteiger partial charge in [-0.05, 0) is 64.8 Å². The third-order valence-electron chi connectivity index (χ3n) is 11.4. The van der Waals surface area contributed by atoms with Crippen molar-refractivity contribution < 1.29 is 0 Å². The highest BCUT2D eigenvalue weighted by Crippen LogP contribution is 2.43. The Kier molecular flexibility index (Phi) is 8.49. The highest BCUT2D eigenvalue weighted by Gasteiger charge is 2.25. The molecule has 0 saturated carbocycles. The van der Waals surface area contributed by atoms with Gasteiger partial charge in [0.15, 0.2) is 17.5 Å². The number of benzene rings is 7. The summed E-state index contributed by atoms with van der Waals surface area (Å²) in [5.41, 5.74) is 14.7. The molecule has 2 aromatic heterocycles. The van der Waals surface area contributed by atoms with E-state index in [9.17, 15) is 0 Å². The molecule has 59 heavy (non-hydrogen) atoms. The van der Waals surface area contributed by atoms with Crippen LogP contribution in [0.15, 0.2) is 188 Å². The van der Waals surface area contributed by atoms with Crippen LogP contribution in [0.1, 0.15) is 23.2 Å². The molecule has 11 rings (SSSR count). The van der Waals surface area contributed by atoms with Crippen molar-refractivity contribution >= 4 is 33.3 Å². The third-order valence-corrected chi connectivity index (χ3v) is 11.4. The summed E-state index contributed by atoms with van der Waals surface area (Å²) < 4.78 is 2.49. The molecule has 276 valence electrons. The van der Waals surface area contributed by atoms with Gasteiger partial charge in [0.1, 0.15) is 0 Å². The van der Waals surface area contributed by atoms with Crippen LogP contribution in [-0.2, 0) is 6.42 Å². The first-order valence-electron chi connectivity index (χ1n) is 20.1. The van der Waals surface area contributed by atoms with Crippen LogP contribution in [0.4, 0.5) is 0 Å². The van der Waals surface area contributed by atoms with Crippen molar-refractivity contribution in [3.63, 3.8) is 0 Å². The Bertz CT molecular complexity index is 3130. The fraction of sp³-hybridized carbons (Fsp3) is 0.0364. The minimum Gasteiger partial charge on any atom is -0.312 e. The summed E-state index contributed by atoms with van der Waals surface area (Å²) in [6.07, 6.45) is 4.30. The van der Waals surface area contributed by atoms with Gasteiger partial charge in [0, 0.05) is 44.3 Å². The predicted octanol–water partition coefficient (Wildman–Crippen LogP) is 13.4. The molecule has 0 atom stereocenters. The summed E-state index contributed by atoms with van der Waals surface area (Å²) in [6, 6.07) is 73.0. The van der Waals surface area contributed by atoms with E-state index in [1.54, 1.807) is 0 Å². The number of rotatable bonds is 7. The van der Waals surface area contributed by atoms with E-state index >= 15 is 0 Å². The molecule has 2 heterocycles. The second-order valence-electron chi connectivity index (χ2n) is 14.9. The van der Waals surface area contributed by atoms with Gasteiger partial charge in [-0.2, -0.15) is 0 Å². The maximum atomic E-state index is 5.07. The molecule has 4 nitrogen and oxygen atoms in total. The van der Waals surface area contributed by atoms with E-state index < -0.39 is 0 Å². The standard InChI is InChI=1S/C55H36N4/c1-5-17-37(18-6-1)41-29-33-51-48(35-41)49-36-42(38-19-7-2-8-20-38)30-34-52(49)59(51)50-28-16-15-27-46(50)45-31-32-47(44-26-14-13-25-43(44)45)55-57-53(39-21-9-3-10-22-39)56-54(58-55)40-23-11-4-12-24-40/h1-29,33,35-36H,30,34H2. The summed E-state index contributed by atoms with van der Waals surface area (Å²) in [5.74, 6) is 1.79. The van der Waals surface area contributed by atoms with Gasteiger partial charge in [0.25, 0.3) is 0 Å². The Morgan fingerprint density at radius 1 is 0.407 bits per heavy atom. The molecule has 0 N–H and O–H groups in total. The highest BCUT2D eigenvalue weighted by atomic mass is 15.0. The number of hydrogen-bond acceptors (Lipinski definition) is 3. The smallest absolute Gasteiger partial charge is 0.173 e. The minimum absolute atomic E-state index is 0.561. The number of fused-ring (bicyclic) bond motifs is 4. The molecule has 4 heteroatoms. The second-order valence-corrected chi connectivity index (χ2v) is 14.9. The quantitative estimate of drug-likeness (QED) is 0.163. The average molecular weight is 753 g/mol. The summed E-state index contributed by atoms with van der Waals surface area (Å²) in [5, 5.41) is 3.31. The topological polar surface area (TPSA) is 43.6 Å². The zero-order chi connectivity index (χ0) is 39.1. The highest BCUT2D eigenvalue weighted by molar-refractivity contribution is 6.05. The lowest BCUT2D eigenvalue weighted by Gasteiger charge is -2.20. The molecular formula is C55H36N4. The van der Waals surface area contributed by atoms with E-state index in [4.69, 9.17) is 15.0 Å². The van der Waals surface area contributed by atoms with Crippen LogP contribution in [0.2, 0.25) is 0 Å². The first-order valence-corrected chi connectivity index (χ1v) is 20.1. The van der Waals surface area contributed by atoms with Gasteiger partial charge in [0.2, 0.25) is 0 Å². The molecule has 0 aliphatic heterocycles. The van der Waals surface area contributed by atoms with Crippen molar-refractivity contribution in [2.75, 3.05) is 0 Å². The number of nitrogens with zero attached hydrogens (tertiary/aromatic N) is 4. The predicted molar refractivity (Wildman–Crippen MR) is 242 cm³/mol. The maximum absolute atomic E-state index is 5.07. The SMILES string of the molecule is c1c(-c2nc(-c3ccccc3)nc(-c3ccccc3)n2)c2ccccc2c(-c2ccccc2-n2c3c(c4cc(-c5ccccc5)ccc42)C=C(c2ccccc2)CC3)c#1. The molecule has 0 spiro atoms. The van der Waals surface area contributed by atoms with Crippen LogP contribution in [0.3, 0.4) is 0 Å². The number of allylic oxidation sites excluding steroid dienone is 1. The average Bonchev–Trinajstić information content (AvgIpc) is 3.65. The fourth-order valence-corrected chi connectivity index (χ4v) is 8.61. The molecule has 1 aliphatic carbocycles. The van der Waals surface area contributed by atoms with Gasteiger partial charge in [-0.15, -0.1) is 0 Å². The Morgan fingerprint density at radius 3 is 1.59 bits per heavy atom. The first kappa shape index (κ1) is 34.4. The summed E-state index contributed by atoms with van der Waals surface area (Å²) in [7, 11) is 0. The van der Waals surface area contributed by atoms with Crippen LogP contribution < -0.4 is 0 Å². The van der Waals surface area contributed by atoms with Crippen LogP contribution in [0.25, 0.3) is 95.4 Å². The van der Waals surface area contributed by atoms with Crippen molar-refractivity contribution in [2.24, 2.45) is 0 Å². The maximum Gasteiger partial charge on any atom is 0.173 e. The van der Waals surface area contributed by atoms with E-state index in [-0.39, 0.29) is 0 Å². The largest absolute Gasteiger partial charge is 0.312 e. The van der Waals surface area contributed by atoms with E-state index in [1.807, 2.05) is 60.7 Å². The Labute approximate surface area is 343 Å². The molecule has 0 fully saturated rings. The van der Waals surface area contributed by atoms with E-state index in [1.165, 1.54) is 44.4 Å². The molecule has 0 saturated heterocycles. The summed E-state index contributed by atoms with van der Waals surface area (Å²) in [6.45, 7) is 0. The van der Waals surface area contributed by atoms with Crippen molar-refractivity contribution in [3.8, 4) is 62.1 Å². The van der Waals surface area contributed by atoms with Gasteiger partial charge in [0.05, 0.1) is 16.8 Å². The Balaban J connectivity index is 1.10. The van der Waals surface area contributed by atoms with Gasteiger partial charge in [-0.3, -0.25) is 0 Å². The number of para-hydroxylation sites is 1. The number of hydrogen-bond donors (Lipinski definition) is 0. The van der Waals surface area contributed by atoms with Crippen molar-refractivity contribution in [1.82, 2.24) is 19.5 Å². The molecule has 8 aromatic carbocycles. The zero-order valence-corrected chi connectivity index (χ0v) is 32.2. The van der Waals surface area contributed by atoms with Crippen molar-refractivity contribution in [3.05, 3.63) is 217 Å². The third kappa shape index (κ3) is 6.18. The van der Waals surface area contributed by atoms with Crippen LogP contribution in [0.5, 0.6) is 0 Å². The second kappa shape index (κ2) is 14.6. The molecule has 0 unspecified atom stereocenters. The Morgan fingerprint density at radius 2 is 0.932 bits per heavy atom. The summed E-state index contributed by atoms with van der Waals surface area (Å²) >= 11 is 0. The lowest BCUT2D eigenvalue weighted by molar-refractivity contribution is 0.899. The Hall–Kier alpha value is -7.87. The van der Waals surface area contributed by atoms with Crippen LogP contribution >= 0.6 is 0 Å². The van der Waals surface area contributed by atoms with Crippen LogP contribution in [0, 0.1) is 12.1 Å². The fourth-order valence-electron chi connectivity index (χ4n) is 8.61. The minimum atomic E-state index is 0.561. The molecule has 1 aliphatic rings. The van der Waals surface area contributed by atoms with Gasteiger partial charge in [-0.1, -0.05) is 182 Å². The molecule has 0 radical (unpaired) electrons. The van der Waals surface area contributed by atoms with Crippen LogP contribution in [-0.4, -0.2) is 19.5 Å². The first-order chi connectivity index (χ1) is 29.3. The normalized spacial score (nSPS) is 12.2. The van der Waals surface area contributed by atoms with E-state index in [0.717, 1.165) is 57.1 Å². The molecule has 0 amide bonds. The molecule has 0 bridgehead atoms. The van der Waals surface area contributed by atoms with E-state index in [2.05, 4.69) is 150 Å². The van der Waals surface area contributed by atoms with E-state index in [0.29, 0.717) is 17.5 Å². The lowest BCUT2D eigenvalue weighted by atomic mass is 9.90. The lowest BCUT2D eigenvalue weighted by Crippen LogP contribution is -2.06. The summed E-state index contributed by atoms with van der Waals surface area (Å²) in [4.78, 5) is 15.1. The van der Waals surface area contributed by atoms with Crippen molar-refractivity contribution in [2.45, 2.75) is 12.8 Å². The van der Waals surface area contributed by atoms with Gasteiger partial charge < -0.3 is 4.57 Å². The molecule has 10 aromatic rings. The number of aromatic nitrogens is 4.